The van der Waals surface area contributed by atoms with Crippen LogP contribution in [-0.2, 0) is 6.54 Å². The minimum Gasteiger partial charge on any atom is -0.369 e. The number of nitrogens with two attached hydrogens (primary N) is 1. The van der Waals surface area contributed by atoms with Gasteiger partial charge in [-0.1, -0.05) is 11.6 Å². The molecule has 0 spiro atoms. The Kier molecular flexibility index (Phi) is 3.54. The fourth-order valence-corrected chi connectivity index (χ4v) is 2.06. The largest absolute Gasteiger partial charge is 0.369 e. The number of halogens is 1. The van der Waals surface area contributed by atoms with Crippen molar-refractivity contribution < 1.29 is 0 Å². The van der Waals surface area contributed by atoms with Crippen LogP contribution in [0.4, 0.5) is 5.95 Å². The Bertz CT molecular complexity index is 518. The van der Waals surface area contributed by atoms with E-state index in [1.54, 1.807) is 0 Å². The fourth-order valence-electron chi connectivity index (χ4n) is 1.89. The van der Waals surface area contributed by atoms with Crippen molar-refractivity contribution in [1.29, 1.82) is 0 Å². The Morgan fingerprint density at radius 1 is 1.41 bits per heavy atom. The summed E-state index contributed by atoms with van der Waals surface area (Å²) in [5, 5.41) is 0.714. The van der Waals surface area contributed by atoms with E-state index in [0.717, 1.165) is 30.5 Å². The van der Waals surface area contributed by atoms with Crippen LogP contribution in [0.15, 0.2) is 18.2 Å². The monoisotopic (exact) mass is 252 g/mol. The molecular weight excluding hydrogens is 236 g/mol. The molecule has 5 heteroatoms. The van der Waals surface area contributed by atoms with E-state index in [-0.39, 0.29) is 0 Å². The van der Waals surface area contributed by atoms with Crippen molar-refractivity contribution in [1.82, 2.24) is 14.5 Å². The van der Waals surface area contributed by atoms with Crippen LogP contribution in [0.25, 0.3) is 11.0 Å². The highest BCUT2D eigenvalue weighted by molar-refractivity contribution is 6.31. The molecule has 0 saturated carbocycles. The number of hydrogen-bond acceptors (Lipinski definition) is 3. The van der Waals surface area contributed by atoms with Gasteiger partial charge < -0.3 is 15.2 Å². The highest BCUT2D eigenvalue weighted by Crippen LogP contribution is 2.22. The quantitative estimate of drug-likeness (QED) is 0.908. The van der Waals surface area contributed by atoms with Crippen molar-refractivity contribution in [2.75, 3.05) is 26.4 Å². The second kappa shape index (κ2) is 4.94. The van der Waals surface area contributed by atoms with Gasteiger partial charge in [-0.25, -0.2) is 4.98 Å². The van der Waals surface area contributed by atoms with Crippen molar-refractivity contribution in [3.05, 3.63) is 23.2 Å². The first-order valence-electron chi connectivity index (χ1n) is 5.64. The molecule has 2 aromatic rings. The zero-order chi connectivity index (χ0) is 12.4. The number of hydrogen-bond donors (Lipinski definition) is 1. The Balaban J connectivity index is 2.26. The van der Waals surface area contributed by atoms with Crippen LogP contribution in [0.3, 0.4) is 0 Å². The first-order valence-corrected chi connectivity index (χ1v) is 6.01. The molecule has 2 N–H and O–H groups in total. The number of benzene rings is 1. The van der Waals surface area contributed by atoms with E-state index in [4.69, 9.17) is 17.3 Å². The molecule has 0 amide bonds. The third-order valence-corrected chi connectivity index (χ3v) is 2.96. The predicted octanol–water partition coefficient (Wildman–Crippen LogP) is 2.22. The highest BCUT2D eigenvalue weighted by Gasteiger charge is 2.08. The van der Waals surface area contributed by atoms with Crippen molar-refractivity contribution >= 4 is 28.6 Å². The Hall–Kier alpha value is -1.26. The van der Waals surface area contributed by atoms with Gasteiger partial charge in [0.25, 0.3) is 0 Å². The summed E-state index contributed by atoms with van der Waals surface area (Å²) in [6.07, 6.45) is 1.04. The molecule has 17 heavy (non-hydrogen) atoms. The SMILES string of the molecule is CN(C)CCCn1c(N)nc2ccc(Cl)cc21. The molecule has 1 aromatic carbocycles. The van der Waals surface area contributed by atoms with Crippen LogP contribution < -0.4 is 5.73 Å². The summed E-state index contributed by atoms with van der Waals surface area (Å²) < 4.78 is 2.02. The molecule has 0 saturated heterocycles. The van der Waals surface area contributed by atoms with Crippen LogP contribution in [0.5, 0.6) is 0 Å². The van der Waals surface area contributed by atoms with Crippen LogP contribution in [-0.4, -0.2) is 35.1 Å². The highest BCUT2D eigenvalue weighted by atomic mass is 35.5. The van der Waals surface area contributed by atoms with Crippen LogP contribution in [0, 0.1) is 0 Å². The van der Waals surface area contributed by atoms with Crippen molar-refractivity contribution in [2.24, 2.45) is 0 Å². The molecule has 0 atom stereocenters. The maximum Gasteiger partial charge on any atom is 0.201 e. The number of nitrogens with zero attached hydrogens (tertiary/aromatic N) is 3. The fraction of sp³-hybridized carbons (Fsp3) is 0.417. The summed E-state index contributed by atoms with van der Waals surface area (Å²) >= 11 is 5.99. The zero-order valence-electron chi connectivity index (χ0n) is 10.2. The molecule has 0 radical (unpaired) electrons. The lowest BCUT2D eigenvalue weighted by atomic mass is 10.3. The van der Waals surface area contributed by atoms with Crippen molar-refractivity contribution in [3.8, 4) is 0 Å². The summed E-state index contributed by atoms with van der Waals surface area (Å²) in [5.74, 6) is 0.557. The first kappa shape index (κ1) is 12.2. The number of anilines is 1. The van der Waals surface area contributed by atoms with E-state index in [0.29, 0.717) is 11.0 Å². The molecular formula is C12H17ClN4. The van der Waals surface area contributed by atoms with Gasteiger partial charge in [-0.05, 0) is 45.3 Å². The van der Waals surface area contributed by atoms with Gasteiger partial charge in [-0.15, -0.1) is 0 Å². The average Bonchev–Trinajstić information content (AvgIpc) is 2.55. The van der Waals surface area contributed by atoms with Crippen molar-refractivity contribution in [2.45, 2.75) is 13.0 Å². The number of imidazole rings is 1. The summed E-state index contributed by atoms with van der Waals surface area (Å²) in [6, 6.07) is 5.65. The molecule has 0 aliphatic heterocycles. The van der Waals surface area contributed by atoms with Gasteiger partial charge in [0.1, 0.15) is 0 Å². The second-order valence-corrected chi connectivity index (χ2v) is 4.85. The molecule has 1 aromatic heterocycles. The Morgan fingerprint density at radius 3 is 2.88 bits per heavy atom. The average molecular weight is 253 g/mol. The zero-order valence-corrected chi connectivity index (χ0v) is 10.9. The summed E-state index contributed by atoms with van der Waals surface area (Å²) in [6.45, 7) is 1.89. The smallest absolute Gasteiger partial charge is 0.201 e. The van der Waals surface area contributed by atoms with Gasteiger partial charge in [-0.3, -0.25) is 0 Å². The van der Waals surface area contributed by atoms with Gasteiger partial charge in [0.2, 0.25) is 5.95 Å². The minimum absolute atomic E-state index is 0.557. The molecule has 0 aliphatic carbocycles. The second-order valence-electron chi connectivity index (χ2n) is 4.41. The molecule has 0 aliphatic rings. The number of nitrogen functional groups attached to an aromatic ring is 1. The Morgan fingerprint density at radius 2 is 2.18 bits per heavy atom. The standard InChI is InChI=1S/C12H17ClN4/c1-16(2)6-3-7-17-11-8-9(13)4-5-10(11)15-12(17)14/h4-5,8H,3,6-7H2,1-2H3,(H2,14,15). The van der Waals surface area contributed by atoms with Gasteiger partial charge in [0.15, 0.2) is 0 Å². The lowest BCUT2D eigenvalue weighted by Gasteiger charge is -2.10. The molecule has 1 heterocycles. The number of fused-ring (bicyclic) bond motifs is 1. The van der Waals surface area contributed by atoms with E-state index in [9.17, 15) is 0 Å². The lowest BCUT2D eigenvalue weighted by Crippen LogP contribution is -2.15. The molecule has 0 fully saturated rings. The van der Waals surface area contributed by atoms with Crippen LogP contribution in [0.1, 0.15) is 6.42 Å². The number of aromatic nitrogens is 2. The van der Waals surface area contributed by atoms with Crippen LogP contribution in [0.2, 0.25) is 5.02 Å². The molecule has 0 unspecified atom stereocenters. The minimum atomic E-state index is 0.557. The topological polar surface area (TPSA) is 47.1 Å². The first-order chi connectivity index (χ1) is 8.08. The summed E-state index contributed by atoms with van der Waals surface area (Å²) in [4.78, 5) is 6.48. The van der Waals surface area contributed by atoms with E-state index < -0.39 is 0 Å². The third-order valence-electron chi connectivity index (χ3n) is 2.73. The van der Waals surface area contributed by atoms with Gasteiger partial charge in [-0.2, -0.15) is 0 Å². The number of rotatable bonds is 4. The molecule has 2 rings (SSSR count). The molecule has 4 nitrogen and oxygen atoms in total. The summed E-state index contributed by atoms with van der Waals surface area (Å²) in [5.41, 5.74) is 7.82. The Labute approximate surface area is 106 Å². The van der Waals surface area contributed by atoms with E-state index >= 15 is 0 Å². The van der Waals surface area contributed by atoms with Gasteiger partial charge in [0.05, 0.1) is 11.0 Å². The molecule has 0 bridgehead atoms. The van der Waals surface area contributed by atoms with E-state index in [1.807, 2.05) is 22.8 Å². The van der Waals surface area contributed by atoms with E-state index in [2.05, 4.69) is 24.0 Å². The normalized spacial score (nSPS) is 11.5. The predicted molar refractivity (Wildman–Crippen MR) is 72.3 cm³/mol. The van der Waals surface area contributed by atoms with Crippen LogP contribution >= 0.6 is 11.6 Å². The lowest BCUT2D eigenvalue weighted by molar-refractivity contribution is 0.388. The van der Waals surface area contributed by atoms with Crippen molar-refractivity contribution in [3.63, 3.8) is 0 Å². The van der Waals surface area contributed by atoms with Gasteiger partial charge >= 0.3 is 0 Å². The maximum absolute atomic E-state index is 5.99. The molecule has 92 valence electrons. The van der Waals surface area contributed by atoms with Gasteiger partial charge in [0, 0.05) is 11.6 Å². The van der Waals surface area contributed by atoms with E-state index in [1.165, 1.54) is 0 Å². The third kappa shape index (κ3) is 2.70. The maximum atomic E-state index is 5.99. The number of aryl methyl sites for hydroxylation is 1. The summed E-state index contributed by atoms with van der Waals surface area (Å²) in [7, 11) is 4.12.